The molecule has 1 saturated carbocycles. The summed E-state index contributed by atoms with van der Waals surface area (Å²) in [5.74, 6) is 1.65. The molecule has 1 aromatic rings. The molecule has 3 atom stereocenters. The van der Waals surface area contributed by atoms with Gasteiger partial charge in [-0.2, -0.15) is 5.26 Å². The predicted molar refractivity (Wildman–Crippen MR) is 78.7 cm³/mol. The zero-order chi connectivity index (χ0) is 13.8. The monoisotopic (exact) mass is 256 g/mol. The fourth-order valence-electron chi connectivity index (χ4n) is 3.17. The van der Waals surface area contributed by atoms with Gasteiger partial charge in [0.25, 0.3) is 0 Å². The quantitative estimate of drug-likeness (QED) is 0.893. The van der Waals surface area contributed by atoms with Crippen LogP contribution in [0.1, 0.15) is 49.8 Å². The molecule has 1 N–H and O–H groups in total. The molecular weight excluding hydrogens is 232 g/mol. The largest absolute Gasteiger partial charge is 0.310 e. The van der Waals surface area contributed by atoms with Crippen molar-refractivity contribution in [3.63, 3.8) is 0 Å². The highest BCUT2D eigenvalue weighted by Crippen LogP contribution is 2.28. The van der Waals surface area contributed by atoms with Gasteiger partial charge in [-0.25, -0.2) is 0 Å². The van der Waals surface area contributed by atoms with Crippen LogP contribution in [0.2, 0.25) is 0 Å². The summed E-state index contributed by atoms with van der Waals surface area (Å²) in [6, 6.07) is 8.81. The second-order valence-electron chi connectivity index (χ2n) is 6.14. The molecule has 19 heavy (non-hydrogen) atoms. The normalized spacial score (nSPS) is 26.9. The average molecular weight is 256 g/mol. The average Bonchev–Trinajstić information content (AvgIpc) is 2.39. The Kier molecular flexibility index (Phi) is 4.61. The van der Waals surface area contributed by atoms with Crippen molar-refractivity contribution in [2.45, 2.75) is 52.6 Å². The first-order valence-electron chi connectivity index (χ1n) is 7.33. The highest BCUT2D eigenvalue weighted by Gasteiger charge is 2.24. The van der Waals surface area contributed by atoms with Gasteiger partial charge in [0.1, 0.15) is 0 Å². The number of nitrogens with one attached hydrogen (secondary N) is 1. The van der Waals surface area contributed by atoms with Crippen LogP contribution in [0.15, 0.2) is 18.2 Å². The molecule has 0 aliphatic heterocycles. The highest BCUT2D eigenvalue weighted by molar-refractivity contribution is 5.37. The number of hydrogen-bond donors (Lipinski definition) is 1. The van der Waals surface area contributed by atoms with Crippen LogP contribution in [-0.2, 0) is 6.54 Å². The zero-order valence-electron chi connectivity index (χ0n) is 12.2. The lowest BCUT2D eigenvalue weighted by Gasteiger charge is -2.33. The molecule has 1 aliphatic carbocycles. The molecule has 2 rings (SSSR count). The third-order valence-electron chi connectivity index (χ3n) is 4.46. The van der Waals surface area contributed by atoms with Crippen molar-refractivity contribution in [1.82, 2.24) is 5.32 Å². The van der Waals surface area contributed by atoms with E-state index in [9.17, 15) is 0 Å². The minimum atomic E-state index is 0.645. The highest BCUT2D eigenvalue weighted by atomic mass is 14.9. The van der Waals surface area contributed by atoms with Gasteiger partial charge < -0.3 is 5.32 Å². The molecule has 0 heterocycles. The van der Waals surface area contributed by atoms with E-state index in [1.807, 2.05) is 12.1 Å². The van der Waals surface area contributed by atoms with Crippen molar-refractivity contribution >= 4 is 0 Å². The van der Waals surface area contributed by atoms with Gasteiger partial charge in [-0.3, -0.25) is 0 Å². The van der Waals surface area contributed by atoms with Gasteiger partial charge in [0.15, 0.2) is 0 Å². The number of hydrogen-bond acceptors (Lipinski definition) is 2. The SMILES string of the molecule is Cc1cc(C#N)ccc1CNC1CCC(C)CC1C. The molecule has 102 valence electrons. The van der Waals surface area contributed by atoms with Gasteiger partial charge in [0.2, 0.25) is 0 Å². The van der Waals surface area contributed by atoms with Crippen molar-refractivity contribution in [3.05, 3.63) is 34.9 Å². The Balaban J connectivity index is 1.94. The van der Waals surface area contributed by atoms with E-state index in [1.165, 1.54) is 30.4 Å². The summed E-state index contributed by atoms with van der Waals surface area (Å²) >= 11 is 0. The van der Waals surface area contributed by atoms with Crippen molar-refractivity contribution in [1.29, 1.82) is 5.26 Å². The minimum Gasteiger partial charge on any atom is -0.310 e. The third kappa shape index (κ3) is 3.58. The first kappa shape index (κ1) is 14.1. The lowest BCUT2D eigenvalue weighted by Crippen LogP contribution is -2.38. The molecule has 0 amide bonds. The van der Waals surface area contributed by atoms with Gasteiger partial charge in [0.05, 0.1) is 11.6 Å². The van der Waals surface area contributed by atoms with Gasteiger partial charge in [-0.1, -0.05) is 19.9 Å². The Morgan fingerprint density at radius 2 is 2.11 bits per heavy atom. The van der Waals surface area contributed by atoms with E-state index < -0.39 is 0 Å². The molecule has 1 aromatic carbocycles. The predicted octanol–water partition coefficient (Wildman–Crippen LogP) is 3.78. The maximum atomic E-state index is 8.88. The minimum absolute atomic E-state index is 0.645. The van der Waals surface area contributed by atoms with Crippen LogP contribution in [0, 0.1) is 30.1 Å². The number of nitriles is 1. The summed E-state index contributed by atoms with van der Waals surface area (Å²) in [5.41, 5.74) is 3.27. The van der Waals surface area contributed by atoms with E-state index in [-0.39, 0.29) is 0 Å². The molecule has 0 bridgehead atoms. The summed E-state index contributed by atoms with van der Waals surface area (Å²) in [6.07, 6.45) is 3.97. The fraction of sp³-hybridized carbons (Fsp3) is 0.588. The Bertz CT molecular complexity index is 473. The summed E-state index contributed by atoms with van der Waals surface area (Å²) in [7, 11) is 0. The lowest BCUT2D eigenvalue weighted by molar-refractivity contribution is 0.227. The third-order valence-corrected chi connectivity index (χ3v) is 4.46. The maximum absolute atomic E-state index is 8.88. The molecule has 1 aliphatic rings. The van der Waals surface area contributed by atoms with Gasteiger partial charge in [-0.05, 0) is 61.3 Å². The smallest absolute Gasteiger partial charge is 0.0991 e. The van der Waals surface area contributed by atoms with Crippen LogP contribution >= 0.6 is 0 Å². The van der Waals surface area contributed by atoms with Crippen LogP contribution in [0.3, 0.4) is 0 Å². The van der Waals surface area contributed by atoms with Crippen molar-refractivity contribution < 1.29 is 0 Å². The van der Waals surface area contributed by atoms with E-state index in [1.54, 1.807) is 0 Å². The van der Waals surface area contributed by atoms with E-state index in [4.69, 9.17) is 5.26 Å². The molecule has 3 unspecified atom stereocenters. The first-order chi connectivity index (χ1) is 9.10. The van der Waals surface area contributed by atoms with Crippen LogP contribution in [0.4, 0.5) is 0 Å². The van der Waals surface area contributed by atoms with Crippen molar-refractivity contribution in [2.24, 2.45) is 11.8 Å². The molecule has 0 radical (unpaired) electrons. The Morgan fingerprint density at radius 1 is 1.32 bits per heavy atom. The Hall–Kier alpha value is -1.33. The second-order valence-corrected chi connectivity index (χ2v) is 6.14. The zero-order valence-corrected chi connectivity index (χ0v) is 12.2. The molecule has 0 saturated heterocycles. The Labute approximate surface area is 116 Å². The summed E-state index contributed by atoms with van der Waals surface area (Å²) in [6.45, 7) is 7.72. The number of benzene rings is 1. The van der Waals surface area contributed by atoms with Gasteiger partial charge in [0, 0.05) is 12.6 Å². The maximum Gasteiger partial charge on any atom is 0.0991 e. The molecule has 2 heteroatoms. The van der Waals surface area contributed by atoms with E-state index in [0.29, 0.717) is 6.04 Å². The first-order valence-corrected chi connectivity index (χ1v) is 7.33. The second kappa shape index (κ2) is 6.21. The molecule has 0 spiro atoms. The Morgan fingerprint density at radius 3 is 2.74 bits per heavy atom. The number of nitrogens with zero attached hydrogens (tertiary/aromatic N) is 1. The summed E-state index contributed by atoms with van der Waals surface area (Å²) < 4.78 is 0. The van der Waals surface area contributed by atoms with E-state index in [0.717, 1.165) is 23.9 Å². The summed E-state index contributed by atoms with van der Waals surface area (Å²) in [4.78, 5) is 0. The van der Waals surface area contributed by atoms with E-state index >= 15 is 0 Å². The number of aryl methyl sites for hydroxylation is 1. The van der Waals surface area contributed by atoms with Crippen molar-refractivity contribution in [3.8, 4) is 6.07 Å². The van der Waals surface area contributed by atoms with Crippen LogP contribution in [0.25, 0.3) is 0 Å². The van der Waals surface area contributed by atoms with E-state index in [2.05, 4.69) is 38.2 Å². The number of rotatable bonds is 3. The van der Waals surface area contributed by atoms with Crippen LogP contribution in [-0.4, -0.2) is 6.04 Å². The summed E-state index contributed by atoms with van der Waals surface area (Å²) in [5, 5.41) is 12.6. The van der Waals surface area contributed by atoms with Crippen LogP contribution < -0.4 is 5.32 Å². The molecule has 2 nitrogen and oxygen atoms in total. The van der Waals surface area contributed by atoms with Crippen LogP contribution in [0.5, 0.6) is 0 Å². The van der Waals surface area contributed by atoms with Gasteiger partial charge >= 0.3 is 0 Å². The fourth-order valence-corrected chi connectivity index (χ4v) is 3.17. The molecule has 0 aromatic heterocycles. The van der Waals surface area contributed by atoms with Gasteiger partial charge in [-0.15, -0.1) is 0 Å². The molecular formula is C17H24N2. The topological polar surface area (TPSA) is 35.8 Å². The van der Waals surface area contributed by atoms with Crippen molar-refractivity contribution in [2.75, 3.05) is 0 Å². The lowest BCUT2D eigenvalue weighted by atomic mass is 9.80. The standard InChI is InChI=1S/C17H24N2/c1-12-4-7-17(14(3)8-12)19-11-16-6-5-15(10-18)9-13(16)2/h5-6,9,12,14,17,19H,4,7-8,11H2,1-3H3. The molecule has 1 fully saturated rings.